The van der Waals surface area contributed by atoms with Crippen molar-refractivity contribution in [1.82, 2.24) is 0 Å². The van der Waals surface area contributed by atoms with Crippen molar-refractivity contribution in [3.05, 3.63) is 65.2 Å². The van der Waals surface area contributed by atoms with Crippen LogP contribution < -0.4 is 0 Å². The van der Waals surface area contributed by atoms with Gasteiger partial charge in [0, 0.05) is 4.90 Å². The lowest BCUT2D eigenvalue weighted by molar-refractivity contribution is 0.220. The molecule has 0 aliphatic heterocycles. The van der Waals surface area contributed by atoms with Crippen molar-refractivity contribution in [2.45, 2.75) is 37.7 Å². The van der Waals surface area contributed by atoms with Crippen LogP contribution in [0.5, 0.6) is 0 Å². The summed E-state index contributed by atoms with van der Waals surface area (Å²) in [6, 6.07) is 16.5. The number of thioether (sulfide) groups is 1. The van der Waals surface area contributed by atoms with Crippen molar-refractivity contribution < 1.29 is 5.11 Å². The zero-order valence-corrected chi connectivity index (χ0v) is 13.0. The Hall–Kier alpha value is -1.25. The summed E-state index contributed by atoms with van der Waals surface area (Å²) in [4.78, 5) is 1.25. The van der Waals surface area contributed by atoms with Gasteiger partial charge in [-0.25, -0.2) is 0 Å². The van der Waals surface area contributed by atoms with Crippen molar-refractivity contribution in [2.24, 2.45) is 0 Å². The summed E-state index contributed by atoms with van der Waals surface area (Å²) in [7, 11) is 0. The molecule has 0 saturated carbocycles. The van der Waals surface area contributed by atoms with Gasteiger partial charge in [-0.15, -0.1) is 11.8 Å². The smallest absolute Gasteiger partial charge is 0.104 e. The molecule has 0 aliphatic carbocycles. The highest BCUT2D eigenvalue weighted by atomic mass is 32.2. The number of aryl methyl sites for hydroxylation is 1. The van der Waals surface area contributed by atoms with Gasteiger partial charge in [-0.3, -0.25) is 0 Å². The minimum Gasteiger partial charge on any atom is -0.384 e. The van der Waals surface area contributed by atoms with Crippen LogP contribution in [0, 0.1) is 0 Å². The molecule has 2 aromatic rings. The monoisotopic (exact) mass is 286 g/mol. The van der Waals surface area contributed by atoms with Crippen molar-refractivity contribution in [3.8, 4) is 0 Å². The summed E-state index contributed by atoms with van der Waals surface area (Å²) in [5, 5.41) is 10.5. The van der Waals surface area contributed by atoms with E-state index < -0.39 is 6.10 Å². The lowest BCUT2D eigenvalue weighted by Gasteiger charge is -2.13. The molecule has 0 heterocycles. The molecule has 0 aromatic heterocycles. The third-order valence-corrected chi connectivity index (χ3v) is 4.21. The van der Waals surface area contributed by atoms with Crippen LogP contribution in [0.4, 0.5) is 0 Å². The van der Waals surface area contributed by atoms with Gasteiger partial charge in [-0.05, 0) is 41.0 Å². The van der Waals surface area contributed by atoms with Gasteiger partial charge in [0.1, 0.15) is 6.10 Å². The Morgan fingerprint density at radius 3 is 2.40 bits per heavy atom. The Balaban J connectivity index is 2.17. The molecule has 1 nitrogen and oxygen atoms in total. The molecule has 0 aliphatic rings. The van der Waals surface area contributed by atoms with Gasteiger partial charge < -0.3 is 5.11 Å². The van der Waals surface area contributed by atoms with E-state index in [2.05, 4.69) is 38.1 Å². The first kappa shape index (κ1) is 15.1. The average Bonchev–Trinajstić information content (AvgIpc) is 2.48. The summed E-state index contributed by atoms with van der Waals surface area (Å²) in [5.41, 5.74) is 3.23. The van der Waals surface area contributed by atoms with Gasteiger partial charge in [0.2, 0.25) is 0 Å². The Morgan fingerprint density at radius 1 is 1.00 bits per heavy atom. The predicted molar refractivity (Wildman–Crippen MR) is 87.3 cm³/mol. The van der Waals surface area contributed by atoms with E-state index in [1.807, 2.05) is 36.0 Å². The van der Waals surface area contributed by atoms with Crippen molar-refractivity contribution in [1.29, 1.82) is 0 Å². The summed E-state index contributed by atoms with van der Waals surface area (Å²) in [5.74, 6) is 1.07. The van der Waals surface area contributed by atoms with Crippen LogP contribution >= 0.6 is 11.8 Å². The average molecular weight is 286 g/mol. The number of aliphatic hydroxyl groups excluding tert-OH is 1. The molecule has 20 heavy (non-hydrogen) atoms. The SMILES string of the molecule is CCCc1cccc(C(O)c2ccc(SCC)cc2)c1. The lowest BCUT2D eigenvalue weighted by Crippen LogP contribution is -2.00. The summed E-state index contributed by atoms with van der Waals surface area (Å²) >= 11 is 1.82. The molecule has 2 rings (SSSR count). The third-order valence-electron chi connectivity index (χ3n) is 3.31. The van der Waals surface area contributed by atoms with E-state index in [0.29, 0.717) is 0 Å². The number of rotatable bonds is 6. The zero-order valence-electron chi connectivity index (χ0n) is 12.2. The molecular formula is C18H22OS. The van der Waals surface area contributed by atoms with Crippen molar-refractivity contribution in [2.75, 3.05) is 5.75 Å². The minimum atomic E-state index is -0.535. The van der Waals surface area contributed by atoms with Crippen LogP contribution in [0.15, 0.2) is 53.4 Å². The van der Waals surface area contributed by atoms with Crippen LogP contribution in [-0.2, 0) is 6.42 Å². The predicted octanol–water partition coefficient (Wildman–Crippen LogP) is 4.83. The van der Waals surface area contributed by atoms with E-state index >= 15 is 0 Å². The molecule has 1 atom stereocenters. The Morgan fingerprint density at radius 2 is 1.75 bits per heavy atom. The largest absolute Gasteiger partial charge is 0.384 e. The van der Waals surface area contributed by atoms with Crippen LogP contribution in [0.25, 0.3) is 0 Å². The van der Waals surface area contributed by atoms with Gasteiger partial charge in [-0.1, -0.05) is 56.7 Å². The summed E-state index contributed by atoms with van der Waals surface area (Å²) < 4.78 is 0. The van der Waals surface area contributed by atoms with E-state index in [0.717, 1.165) is 29.7 Å². The first-order valence-corrected chi connectivity index (χ1v) is 8.22. The molecule has 1 N–H and O–H groups in total. The van der Waals surface area contributed by atoms with Crippen LogP contribution in [0.3, 0.4) is 0 Å². The molecule has 0 radical (unpaired) electrons. The number of benzene rings is 2. The molecule has 0 saturated heterocycles. The highest BCUT2D eigenvalue weighted by Crippen LogP contribution is 2.25. The maximum absolute atomic E-state index is 10.5. The summed E-state index contributed by atoms with van der Waals surface area (Å²) in [6.07, 6.45) is 1.65. The Bertz CT molecular complexity index is 533. The van der Waals surface area contributed by atoms with E-state index in [1.54, 1.807) is 0 Å². The molecule has 0 fully saturated rings. The number of hydrogen-bond acceptors (Lipinski definition) is 2. The van der Waals surface area contributed by atoms with Gasteiger partial charge in [-0.2, -0.15) is 0 Å². The second kappa shape index (κ2) is 7.51. The van der Waals surface area contributed by atoms with E-state index in [4.69, 9.17) is 0 Å². The van der Waals surface area contributed by atoms with Crippen LogP contribution in [0.2, 0.25) is 0 Å². The Labute approximate surface area is 126 Å². The fraction of sp³-hybridized carbons (Fsp3) is 0.333. The highest BCUT2D eigenvalue weighted by molar-refractivity contribution is 7.99. The van der Waals surface area contributed by atoms with Crippen molar-refractivity contribution in [3.63, 3.8) is 0 Å². The quantitative estimate of drug-likeness (QED) is 0.767. The maximum Gasteiger partial charge on any atom is 0.104 e. The Kier molecular flexibility index (Phi) is 5.69. The summed E-state index contributed by atoms with van der Waals surface area (Å²) in [6.45, 7) is 4.32. The molecule has 1 unspecified atom stereocenters. The van der Waals surface area contributed by atoms with Crippen LogP contribution in [-0.4, -0.2) is 10.9 Å². The van der Waals surface area contributed by atoms with Gasteiger partial charge in [0.15, 0.2) is 0 Å². The van der Waals surface area contributed by atoms with E-state index in [9.17, 15) is 5.11 Å². The van der Waals surface area contributed by atoms with Gasteiger partial charge >= 0.3 is 0 Å². The molecule has 0 amide bonds. The standard InChI is InChI=1S/C18H22OS/c1-3-6-14-7-5-8-16(13-14)18(19)15-9-11-17(12-10-15)20-4-2/h5,7-13,18-19H,3-4,6H2,1-2H3. The highest BCUT2D eigenvalue weighted by Gasteiger charge is 2.10. The normalized spacial score (nSPS) is 12.3. The first-order valence-electron chi connectivity index (χ1n) is 7.24. The number of aliphatic hydroxyl groups is 1. The maximum atomic E-state index is 10.5. The second-order valence-corrected chi connectivity index (χ2v) is 6.24. The number of hydrogen-bond donors (Lipinski definition) is 1. The molecule has 0 spiro atoms. The molecule has 0 bridgehead atoms. The third kappa shape index (κ3) is 3.87. The zero-order chi connectivity index (χ0) is 14.4. The van der Waals surface area contributed by atoms with E-state index in [-0.39, 0.29) is 0 Å². The topological polar surface area (TPSA) is 20.2 Å². The lowest BCUT2D eigenvalue weighted by atomic mass is 9.98. The molecule has 2 aromatic carbocycles. The van der Waals surface area contributed by atoms with Gasteiger partial charge in [0.25, 0.3) is 0 Å². The van der Waals surface area contributed by atoms with E-state index in [1.165, 1.54) is 10.5 Å². The van der Waals surface area contributed by atoms with Crippen LogP contribution in [0.1, 0.15) is 43.1 Å². The van der Waals surface area contributed by atoms with Crippen molar-refractivity contribution >= 4 is 11.8 Å². The molecule has 2 heteroatoms. The molecular weight excluding hydrogens is 264 g/mol. The first-order chi connectivity index (χ1) is 9.74. The minimum absolute atomic E-state index is 0.535. The fourth-order valence-electron chi connectivity index (χ4n) is 2.31. The second-order valence-electron chi connectivity index (χ2n) is 4.90. The molecule has 106 valence electrons. The van der Waals surface area contributed by atoms with Gasteiger partial charge in [0.05, 0.1) is 0 Å². The fourth-order valence-corrected chi connectivity index (χ4v) is 2.97.